The molecule has 0 unspecified atom stereocenters. The van der Waals surface area contributed by atoms with Gasteiger partial charge in [-0.05, 0) is 104 Å². The van der Waals surface area contributed by atoms with Gasteiger partial charge in [-0.15, -0.1) is 0 Å². The molecular formula is C31H39NO2. The van der Waals surface area contributed by atoms with E-state index in [-0.39, 0.29) is 5.92 Å². The van der Waals surface area contributed by atoms with Crippen LogP contribution in [-0.2, 0) is 11.2 Å². The van der Waals surface area contributed by atoms with Crippen molar-refractivity contribution in [2.75, 3.05) is 12.4 Å². The summed E-state index contributed by atoms with van der Waals surface area (Å²) < 4.78 is 5.82. The second kappa shape index (κ2) is 10.6. The van der Waals surface area contributed by atoms with Crippen LogP contribution in [0.15, 0.2) is 48.5 Å². The number of carbonyl (C=O) groups excluding carboxylic acids is 1. The highest BCUT2D eigenvalue weighted by Crippen LogP contribution is 2.38. The summed E-state index contributed by atoms with van der Waals surface area (Å²) in [6.45, 7) is 8.36. The van der Waals surface area contributed by atoms with E-state index in [0.717, 1.165) is 30.0 Å². The predicted octanol–water partition coefficient (Wildman–Crippen LogP) is 8.17. The first-order valence-corrected chi connectivity index (χ1v) is 12.8. The molecule has 3 aromatic rings. The molecule has 34 heavy (non-hydrogen) atoms. The van der Waals surface area contributed by atoms with Gasteiger partial charge in [-0.25, -0.2) is 0 Å². The van der Waals surface area contributed by atoms with Crippen molar-refractivity contribution in [3.63, 3.8) is 0 Å². The smallest absolute Gasteiger partial charge is 0.135 e. The van der Waals surface area contributed by atoms with Crippen LogP contribution in [0.4, 0.5) is 11.4 Å². The number of ketones is 1. The lowest BCUT2D eigenvalue weighted by Crippen LogP contribution is -2.20. The van der Waals surface area contributed by atoms with Crippen LogP contribution in [0.25, 0.3) is 10.8 Å². The summed E-state index contributed by atoms with van der Waals surface area (Å²) >= 11 is 0. The minimum atomic E-state index is 0.158. The van der Waals surface area contributed by atoms with E-state index in [1.807, 2.05) is 13.8 Å². The average molecular weight is 458 g/mol. The number of nitrogens with one attached hydrogen (secondary N) is 1. The van der Waals surface area contributed by atoms with Gasteiger partial charge in [0.05, 0.1) is 7.11 Å². The Labute approximate surface area is 204 Å². The molecular weight excluding hydrogens is 418 g/mol. The molecule has 3 heteroatoms. The number of carbonyl (C=O) groups is 1. The van der Waals surface area contributed by atoms with Crippen molar-refractivity contribution >= 4 is 27.9 Å². The zero-order chi connectivity index (χ0) is 24.2. The molecule has 0 heterocycles. The van der Waals surface area contributed by atoms with Gasteiger partial charge in [-0.3, -0.25) is 4.79 Å². The van der Waals surface area contributed by atoms with E-state index < -0.39 is 0 Å². The fourth-order valence-electron chi connectivity index (χ4n) is 5.31. The summed E-state index contributed by atoms with van der Waals surface area (Å²) in [5.41, 5.74) is 6.14. The maximum atomic E-state index is 12.2. The fourth-order valence-corrected chi connectivity index (χ4v) is 5.31. The summed E-state index contributed by atoms with van der Waals surface area (Å²) in [7, 11) is 1.78. The van der Waals surface area contributed by atoms with Crippen molar-refractivity contribution in [3.8, 4) is 5.75 Å². The fraction of sp³-hybridized carbons (Fsp3) is 0.452. The molecule has 4 rings (SSSR count). The van der Waals surface area contributed by atoms with Crippen LogP contribution in [0, 0.1) is 31.6 Å². The Hall–Kier alpha value is -2.81. The van der Waals surface area contributed by atoms with E-state index in [4.69, 9.17) is 4.74 Å². The molecule has 3 aromatic carbocycles. The summed E-state index contributed by atoms with van der Waals surface area (Å²) in [6, 6.07) is 17.4. The van der Waals surface area contributed by atoms with Crippen LogP contribution >= 0.6 is 0 Å². The standard InChI is InChI=1S/C31H39NO2/c1-20(2)30(33)17-24-14-12-23(13-15-24)16-26-18-27-25(19-31(26)34-5)9-7-11-29(27)32-28-10-6-8-21(3)22(28)4/h6-11,18-20,23-24,32H,12-17H2,1-5H3. The van der Waals surface area contributed by atoms with E-state index in [9.17, 15) is 4.79 Å². The van der Waals surface area contributed by atoms with Gasteiger partial charge in [0.2, 0.25) is 0 Å². The van der Waals surface area contributed by atoms with Gasteiger partial charge in [0, 0.05) is 29.1 Å². The average Bonchev–Trinajstić information content (AvgIpc) is 2.83. The molecule has 0 radical (unpaired) electrons. The molecule has 180 valence electrons. The zero-order valence-corrected chi connectivity index (χ0v) is 21.4. The maximum absolute atomic E-state index is 12.2. The number of methoxy groups -OCH3 is 1. The lowest BCUT2D eigenvalue weighted by Gasteiger charge is -2.29. The Balaban J connectivity index is 1.54. The molecule has 1 fully saturated rings. The van der Waals surface area contributed by atoms with E-state index in [2.05, 4.69) is 67.7 Å². The van der Waals surface area contributed by atoms with Gasteiger partial charge >= 0.3 is 0 Å². The second-order valence-electron chi connectivity index (χ2n) is 10.5. The number of hydrogen-bond donors (Lipinski definition) is 1. The number of aryl methyl sites for hydroxylation is 1. The minimum Gasteiger partial charge on any atom is -0.496 e. The second-order valence-corrected chi connectivity index (χ2v) is 10.5. The van der Waals surface area contributed by atoms with Gasteiger partial charge in [0.1, 0.15) is 11.5 Å². The highest BCUT2D eigenvalue weighted by atomic mass is 16.5. The Bertz CT molecular complexity index is 1160. The third kappa shape index (κ3) is 5.46. The van der Waals surface area contributed by atoms with Gasteiger partial charge in [0.25, 0.3) is 0 Å². The first-order chi connectivity index (χ1) is 16.4. The van der Waals surface area contributed by atoms with E-state index in [0.29, 0.717) is 17.6 Å². The van der Waals surface area contributed by atoms with E-state index in [1.54, 1.807) is 7.11 Å². The quantitative estimate of drug-likeness (QED) is 0.371. The number of anilines is 2. The molecule has 3 nitrogen and oxygen atoms in total. The SMILES string of the molecule is COc1cc2cccc(Nc3cccc(C)c3C)c2cc1CC1CCC(CC(=O)C(C)C)CC1. The highest BCUT2D eigenvalue weighted by Gasteiger charge is 2.25. The molecule has 1 N–H and O–H groups in total. The Morgan fingerprint density at radius 1 is 0.971 bits per heavy atom. The Morgan fingerprint density at radius 2 is 1.65 bits per heavy atom. The third-order valence-electron chi connectivity index (χ3n) is 7.76. The summed E-state index contributed by atoms with van der Waals surface area (Å²) in [6.07, 6.45) is 6.51. The van der Waals surface area contributed by atoms with E-state index >= 15 is 0 Å². The summed E-state index contributed by atoms with van der Waals surface area (Å²) in [4.78, 5) is 12.2. The molecule has 0 spiro atoms. The number of hydrogen-bond acceptors (Lipinski definition) is 3. The first kappa shape index (κ1) is 24.3. The van der Waals surface area contributed by atoms with Gasteiger partial charge in [-0.2, -0.15) is 0 Å². The molecule has 0 aliphatic heterocycles. The predicted molar refractivity (Wildman–Crippen MR) is 143 cm³/mol. The first-order valence-electron chi connectivity index (χ1n) is 12.8. The van der Waals surface area contributed by atoms with Crippen molar-refractivity contribution in [1.29, 1.82) is 0 Å². The van der Waals surface area contributed by atoms with Gasteiger partial charge < -0.3 is 10.1 Å². The highest BCUT2D eigenvalue weighted by molar-refractivity contribution is 5.97. The molecule has 1 saturated carbocycles. The molecule has 0 atom stereocenters. The zero-order valence-electron chi connectivity index (χ0n) is 21.4. The van der Waals surface area contributed by atoms with Crippen LogP contribution in [0.3, 0.4) is 0 Å². The Kier molecular flexibility index (Phi) is 7.60. The van der Waals surface area contributed by atoms with Crippen LogP contribution < -0.4 is 10.1 Å². The number of Topliss-reactive ketones (excluding diaryl/α,β-unsaturated/α-hetero) is 1. The van der Waals surface area contributed by atoms with Crippen LogP contribution in [0.5, 0.6) is 5.75 Å². The summed E-state index contributed by atoms with van der Waals surface area (Å²) in [5, 5.41) is 6.10. The summed E-state index contributed by atoms with van der Waals surface area (Å²) in [5.74, 6) is 2.77. The molecule has 0 saturated heterocycles. The molecule has 1 aliphatic carbocycles. The number of benzene rings is 3. The van der Waals surface area contributed by atoms with Gasteiger partial charge in [0.15, 0.2) is 0 Å². The molecule has 1 aliphatic rings. The van der Waals surface area contributed by atoms with Crippen molar-refractivity contribution in [2.45, 2.75) is 66.2 Å². The van der Waals surface area contributed by atoms with Crippen molar-refractivity contribution in [1.82, 2.24) is 0 Å². The van der Waals surface area contributed by atoms with Crippen molar-refractivity contribution < 1.29 is 9.53 Å². The minimum absolute atomic E-state index is 0.158. The monoisotopic (exact) mass is 457 g/mol. The van der Waals surface area contributed by atoms with Crippen molar-refractivity contribution in [2.24, 2.45) is 17.8 Å². The molecule has 0 bridgehead atoms. The maximum Gasteiger partial charge on any atom is 0.135 e. The lowest BCUT2D eigenvalue weighted by atomic mass is 9.76. The van der Waals surface area contributed by atoms with Crippen LogP contribution in [0.1, 0.15) is 62.6 Å². The van der Waals surface area contributed by atoms with Crippen molar-refractivity contribution in [3.05, 3.63) is 65.2 Å². The van der Waals surface area contributed by atoms with Crippen LogP contribution in [0.2, 0.25) is 0 Å². The lowest BCUT2D eigenvalue weighted by molar-refractivity contribution is -0.123. The third-order valence-corrected chi connectivity index (χ3v) is 7.76. The van der Waals surface area contributed by atoms with E-state index in [1.165, 1.54) is 53.1 Å². The normalized spacial score (nSPS) is 18.3. The Morgan fingerprint density at radius 3 is 2.35 bits per heavy atom. The van der Waals surface area contributed by atoms with Crippen LogP contribution in [-0.4, -0.2) is 12.9 Å². The number of rotatable bonds is 8. The number of fused-ring (bicyclic) bond motifs is 1. The topological polar surface area (TPSA) is 38.3 Å². The number of ether oxygens (including phenoxy) is 1. The molecule has 0 aromatic heterocycles. The van der Waals surface area contributed by atoms with Gasteiger partial charge in [-0.1, -0.05) is 38.1 Å². The largest absolute Gasteiger partial charge is 0.496 e. The molecule has 0 amide bonds.